The number of nitrogen functional groups attached to an aromatic ring is 2. The van der Waals surface area contributed by atoms with Crippen molar-refractivity contribution in [3.63, 3.8) is 0 Å². The Kier molecular flexibility index (Phi) is 3.44. The number of aromatic hydroxyl groups is 2. The van der Waals surface area contributed by atoms with Crippen LogP contribution in [0, 0.1) is 0 Å². The summed E-state index contributed by atoms with van der Waals surface area (Å²) in [6.45, 7) is 0. The molecule has 0 atom stereocenters. The number of phenolic OH excluding ortho intramolecular Hbond substituents is 2. The fraction of sp³-hybridized carbons (Fsp3) is 0.200. The maximum Gasteiger partial charge on any atom is 0.411 e. The number of hydrogen-bond donors (Lipinski definition) is 4. The third-order valence-corrected chi connectivity index (χ3v) is 4.14. The van der Waals surface area contributed by atoms with Gasteiger partial charge in [-0.05, 0) is 12.1 Å². The van der Waals surface area contributed by atoms with Crippen molar-refractivity contribution in [3.8, 4) is 23.0 Å². The van der Waals surface area contributed by atoms with Crippen LogP contribution >= 0.6 is 0 Å². The highest BCUT2D eigenvalue weighted by Crippen LogP contribution is 2.64. The summed E-state index contributed by atoms with van der Waals surface area (Å²) in [5, 5.41) is 19.1. The maximum absolute atomic E-state index is 13.9. The molecule has 0 saturated carbocycles. The molecule has 140 valence electrons. The van der Waals surface area contributed by atoms with E-state index in [9.17, 15) is 36.6 Å². The van der Waals surface area contributed by atoms with Crippen molar-refractivity contribution in [3.05, 3.63) is 35.4 Å². The van der Waals surface area contributed by atoms with Gasteiger partial charge in [-0.15, -0.1) is 0 Å². The van der Waals surface area contributed by atoms with Crippen molar-refractivity contribution in [1.29, 1.82) is 0 Å². The first-order valence-electron chi connectivity index (χ1n) is 6.88. The summed E-state index contributed by atoms with van der Waals surface area (Å²) in [6, 6.07) is 1.82. The first kappa shape index (κ1) is 17.8. The minimum atomic E-state index is -5.87. The molecule has 3 rings (SSSR count). The first-order chi connectivity index (χ1) is 11.8. The Morgan fingerprint density at radius 3 is 1.38 bits per heavy atom. The monoisotopic (exact) mass is 380 g/mol. The number of rotatable bonds is 0. The number of fused-ring (bicyclic) bond motifs is 2. The lowest BCUT2D eigenvalue weighted by Gasteiger charge is -2.42. The molecule has 0 bridgehead atoms. The lowest BCUT2D eigenvalue weighted by Crippen LogP contribution is -2.56. The molecular formula is C15H10F6N2O3. The third-order valence-electron chi connectivity index (χ3n) is 4.14. The van der Waals surface area contributed by atoms with Gasteiger partial charge in [0.15, 0.2) is 0 Å². The number of alkyl halides is 6. The summed E-state index contributed by atoms with van der Waals surface area (Å²) in [7, 11) is 0. The number of nitrogens with two attached hydrogens (primary N) is 2. The zero-order valence-electron chi connectivity index (χ0n) is 12.5. The van der Waals surface area contributed by atoms with E-state index in [0.717, 1.165) is 0 Å². The van der Waals surface area contributed by atoms with Gasteiger partial charge in [0.2, 0.25) is 5.41 Å². The number of benzene rings is 2. The molecule has 0 amide bonds. The van der Waals surface area contributed by atoms with Crippen LogP contribution in [0.15, 0.2) is 24.3 Å². The Bertz CT molecular complexity index is 834. The van der Waals surface area contributed by atoms with Crippen molar-refractivity contribution in [2.24, 2.45) is 0 Å². The molecule has 1 heterocycles. The minimum absolute atomic E-state index is 0.359. The quantitative estimate of drug-likeness (QED) is 0.317. The highest BCUT2D eigenvalue weighted by atomic mass is 19.4. The standard InChI is InChI=1S/C15H10F6N2O3/c16-14(17,18)13(15(19,20)21)5-1-7(22)9(24)3-11(5)26-12-4-10(25)8(23)2-6(12)13/h1-4,24-25H,22-23H2. The van der Waals surface area contributed by atoms with Gasteiger partial charge in [0, 0.05) is 23.3 Å². The molecule has 0 fully saturated rings. The molecule has 2 aromatic rings. The normalized spacial score (nSPS) is 15.8. The van der Waals surface area contributed by atoms with Crippen LogP contribution in [-0.2, 0) is 5.41 Å². The summed E-state index contributed by atoms with van der Waals surface area (Å²) in [6.07, 6.45) is -11.7. The second kappa shape index (κ2) is 5.02. The molecule has 6 N–H and O–H groups in total. The average molecular weight is 380 g/mol. The van der Waals surface area contributed by atoms with Crippen molar-refractivity contribution in [2.75, 3.05) is 11.5 Å². The van der Waals surface area contributed by atoms with Gasteiger partial charge in [-0.2, -0.15) is 26.3 Å². The zero-order valence-corrected chi connectivity index (χ0v) is 12.5. The van der Waals surface area contributed by atoms with E-state index in [-0.39, 0.29) is 0 Å². The molecule has 0 aliphatic carbocycles. The van der Waals surface area contributed by atoms with Gasteiger partial charge in [0.1, 0.15) is 23.0 Å². The van der Waals surface area contributed by atoms with E-state index in [1.807, 2.05) is 0 Å². The smallest absolute Gasteiger partial charge is 0.411 e. The van der Waals surface area contributed by atoms with E-state index in [1.165, 1.54) is 0 Å². The molecule has 0 aromatic heterocycles. The van der Waals surface area contributed by atoms with Gasteiger partial charge < -0.3 is 26.4 Å². The molecule has 5 nitrogen and oxygen atoms in total. The van der Waals surface area contributed by atoms with E-state index in [2.05, 4.69) is 0 Å². The van der Waals surface area contributed by atoms with Crippen LogP contribution in [0.5, 0.6) is 23.0 Å². The predicted octanol–water partition coefficient (Wildman–Crippen LogP) is 3.78. The molecule has 2 aromatic carbocycles. The Labute approximate surface area is 141 Å². The van der Waals surface area contributed by atoms with Crippen LogP contribution in [0.3, 0.4) is 0 Å². The minimum Gasteiger partial charge on any atom is -0.506 e. The van der Waals surface area contributed by atoms with Gasteiger partial charge in [-0.25, -0.2) is 0 Å². The lowest BCUT2D eigenvalue weighted by atomic mass is 9.70. The molecule has 0 spiro atoms. The van der Waals surface area contributed by atoms with E-state index in [4.69, 9.17) is 16.2 Å². The largest absolute Gasteiger partial charge is 0.506 e. The van der Waals surface area contributed by atoms with Gasteiger partial charge in [0.25, 0.3) is 0 Å². The molecular weight excluding hydrogens is 370 g/mol. The second-order valence-corrected chi connectivity index (χ2v) is 5.66. The average Bonchev–Trinajstić information content (AvgIpc) is 2.46. The molecule has 0 unspecified atom stereocenters. The lowest BCUT2D eigenvalue weighted by molar-refractivity contribution is -0.290. The molecule has 11 heteroatoms. The summed E-state index contributed by atoms with van der Waals surface area (Å²) in [5.41, 5.74) is 2.05. The molecule has 26 heavy (non-hydrogen) atoms. The van der Waals surface area contributed by atoms with Crippen LogP contribution in [0.25, 0.3) is 0 Å². The number of halogens is 6. The van der Waals surface area contributed by atoms with Crippen molar-refractivity contribution in [2.45, 2.75) is 17.8 Å². The SMILES string of the molecule is Nc1cc2c(cc1O)Oc1cc(O)c(N)cc1C2(C(F)(F)F)C(F)(F)F. The topological polar surface area (TPSA) is 102 Å². The van der Waals surface area contributed by atoms with Crippen LogP contribution < -0.4 is 16.2 Å². The second-order valence-electron chi connectivity index (χ2n) is 5.66. The predicted molar refractivity (Wildman–Crippen MR) is 78.0 cm³/mol. The summed E-state index contributed by atoms with van der Waals surface area (Å²) in [4.78, 5) is 0. The van der Waals surface area contributed by atoms with Crippen LogP contribution in [0.2, 0.25) is 0 Å². The van der Waals surface area contributed by atoms with Crippen LogP contribution in [0.1, 0.15) is 11.1 Å². The summed E-state index contributed by atoms with van der Waals surface area (Å²) < 4.78 is 88.7. The molecule has 0 saturated heterocycles. The number of anilines is 2. The van der Waals surface area contributed by atoms with Crippen LogP contribution in [0.4, 0.5) is 37.7 Å². The third kappa shape index (κ3) is 2.12. The van der Waals surface area contributed by atoms with Crippen LogP contribution in [-0.4, -0.2) is 22.6 Å². The summed E-state index contributed by atoms with van der Waals surface area (Å²) in [5.74, 6) is -3.32. The highest BCUT2D eigenvalue weighted by molar-refractivity contribution is 5.71. The summed E-state index contributed by atoms with van der Waals surface area (Å²) >= 11 is 0. The van der Waals surface area contributed by atoms with E-state index < -0.39 is 63.3 Å². The van der Waals surface area contributed by atoms with Gasteiger partial charge in [0.05, 0.1) is 11.4 Å². The van der Waals surface area contributed by atoms with Crippen molar-refractivity contribution < 1.29 is 41.3 Å². The maximum atomic E-state index is 13.9. The Morgan fingerprint density at radius 2 is 1.08 bits per heavy atom. The number of ether oxygens (including phenoxy) is 1. The van der Waals surface area contributed by atoms with Gasteiger partial charge >= 0.3 is 12.4 Å². The Balaban J connectivity index is 2.54. The number of phenols is 2. The molecule has 1 aliphatic rings. The van der Waals surface area contributed by atoms with E-state index in [0.29, 0.717) is 24.3 Å². The number of hydrogen-bond acceptors (Lipinski definition) is 5. The molecule has 0 radical (unpaired) electrons. The fourth-order valence-electron chi connectivity index (χ4n) is 2.96. The Hall–Kier alpha value is -2.98. The van der Waals surface area contributed by atoms with Crippen molar-refractivity contribution in [1.82, 2.24) is 0 Å². The molecule has 1 aliphatic heterocycles. The zero-order chi connectivity index (χ0) is 19.7. The van der Waals surface area contributed by atoms with E-state index in [1.54, 1.807) is 0 Å². The van der Waals surface area contributed by atoms with E-state index >= 15 is 0 Å². The highest BCUT2D eigenvalue weighted by Gasteiger charge is 2.75. The van der Waals surface area contributed by atoms with Gasteiger partial charge in [-0.3, -0.25) is 0 Å². The fourth-order valence-corrected chi connectivity index (χ4v) is 2.96. The van der Waals surface area contributed by atoms with Crippen molar-refractivity contribution >= 4 is 11.4 Å². The van der Waals surface area contributed by atoms with Gasteiger partial charge in [-0.1, -0.05) is 0 Å². The Morgan fingerprint density at radius 1 is 0.731 bits per heavy atom. The first-order valence-corrected chi connectivity index (χ1v) is 6.88.